The van der Waals surface area contributed by atoms with E-state index in [-0.39, 0.29) is 24.2 Å². The largest absolute Gasteiger partial charge is 0.326 e. The Balaban J connectivity index is 1.51. The van der Waals surface area contributed by atoms with E-state index < -0.39 is 0 Å². The molecule has 0 radical (unpaired) electrons. The number of carbonyl (C=O) groups is 2. The number of nitrogens with one attached hydrogen (secondary N) is 1. The van der Waals surface area contributed by atoms with E-state index in [0.29, 0.717) is 6.54 Å². The molecule has 0 unspecified atom stereocenters. The molecule has 1 aliphatic heterocycles. The number of amides is 2. The van der Waals surface area contributed by atoms with Crippen LogP contribution in [0.5, 0.6) is 0 Å². The summed E-state index contributed by atoms with van der Waals surface area (Å²) in [4.78, 5) is 27.1. The number of aryl methyl sites for hydroxylation is 2. The summed E-state index contributed by atoms with van der Waals surface area (Å²) < 4.78 is 3.89. The summed E-state index contributed by atoms with van der Waals surface area (Å²) in [6.07, 6.45) is 0.217. The topological polar surface area (TPSA) is 75.2 Å². The van der Waals surface area contributed by atoms with Crippen molar-refractivity contribution < 1.29 is 9.59 Å². The molecule has 2 heterocycles. The molecule has 2 amide bonds. The maximum Gasteiger partial charge on any atom is 0.229 e. The van der Waals surface area contributed by atoms with Gasteiger partial charge in [-0.1, -0.05) is 34.8 Å². The van der Waals surface area contributed by atoms with Crippen molar-refractivity contribution in [1.29, 1.82) is 0 Å². The van der Waals surface area contributed by atoms with Crippen molar-refractivity contribution in [3.8, 4) is 11.3 Å². The number of nitrogens with zero attached hydrogens (tertiary/aromatic N) is 3. The van der Waals surface area contributed by atoms with E-state index in [1.54, 1.807) is 4.90 Å². The fourth-order valence-corrected chi connectivity index (χ4v) is 3.89. The lowest BCUT2D eigenvalue weighted by Crippen LogP contribution is -2.28. The molecule has 0 spiro atoms. The van der Waals surface area contributed by atoms with E-state index in [4.69, 9.17) is 0 Å². The number of aromatic nitrogens is 2. The highest BCUT2D eigenvalue weighted by Crippen LogP contribution is 2.30. The first-order chi connectivity index (χ1) is 13.5. The van der Waals surface area contributed by atoms with Gasteiger partial charge >= 0.3 is 0 Å². The van der Waals surface area contributed by atoms with Crippen LogP contribution in [0.3, 0.4) is 0 Å². The molecule has 7 heteroatoms. The molecule has 1 aliphatic rings. The van der Waals surface area contributed by atoms with Crippen LogP contribution >= 0.6 is 11.5 Å². The monoisotopic (exact) mass is 392 g/mol. The third kappa shape index (κ3) is 3.53. The van der Waals surface area contributed by atoms with Gasteiger partial charge in [-0.05, 0) is 48.6 Å². The highest BCUT2D eigenvalue weighted by molar-refractivity contribution is 7.03. The Bertz CT molecular complexity index is 1030. The van der Waals surface area contributed by atoms with Crippen molar-refractivity contribution in [2.24, 2.45) is 5.92 Å². The Labute approximate surface area is 167 Å². The molecule has 1 saturated heterocycles. The first kappa shape index (κ1) is 18.3. The molecule has 0 saturated carbocycles. The molecule has 1 aromatic heterocycles. The summed E-state index contributed by atoms with van der Waals surface area (Å²) in [5, 5.41) is 8.95. The summed E-state index contributed by atoms with van der Waals surface area (Å²) in [6, 6.07) is 13.5. The quantitative estimate of drug-likeness (QED) is 0.733. The highest BCUT2D eigenvalue weighted by Gasteiger charge is 2.35. The van der Waals surface area contributed by atoms with Gasteiger partial charge in [0.15, 0.2) is 0 Å². The van der Waals surface area contributed by atoms with Crippen molar-refractivity contribution in [2.45, 2.75) is 20.3 Å². The van der Waals surface area contributed by atoms with Crippen LogP contribution in [0.25, 0.3) is 11.3 Å². The minimum absolute atomic E-state index is 0.0199. The third-order valence-electron chi connectivity index (χ3n) is 5.05. The van der Waals surface area contributed by atoms with Crippen LogP contribution in [0.1, 0.15) is 17.5 Å². The second kappa shape index (κ2) is 7.52. The molecule has 1 N–H and O–H groups in total. The van der Waals surface area contributed by atoms with Crippen LogP contribution in [-0.2, 0) is 9.59 Å². The van der Waals surface area contributed by atoms with Crippen LogP contribution in [0, 0.1) is 19.8 Å². The van der Waals surface area contributed by atoms with Crippen molar-refractivity contribution in [3.63, 3.8) is 0 Å². The first-order valence-electron chi connectivity index (χ1n) is 9.08. The van der Waals surface area contributed by atoms with Crippen LogP contribution in [0.15, 0.2) is 47.8 Å². The van der Waals surface area contributed by atoms with E-state index in [1.165, 1.54) is 11.5 Å². The third-order valence-corrected chi connectivity index (χ3v) is 5.56. The number of carbonyl (C=O) groups excluding carboxylic acids is 2. The van der Waals surface area contributed by atoms with Gasteiger partial charge in [0.05, 0.1) is 5.92 Å². The summed E-state index contributed by atoms with van der Waals surface area (Å²) in [6.45, 7) is 4.31. The van der Waals surface area contributed by atoms with E-state index in [1.807, 2.05) is 61.7 Å². The fourth-order valence-electron chi connectivity index (χ4n) is 3.42. The molecule has 1 atom stereocenters. The van der Waals surface area contributed by atoms with E-state index in [9.17, 15) is 9.59 Å². The molecular formula is C21H20N4O2S. The van der Waals surface area contributed by atoms with Gasteiger partial charge in [0.2, 0.25) is 11.8 Å². The Morgan fingerprint density at radius 1 is 1.18 bits per heavy atom. The zero-order valence-electron chi connectivity index (χ0n) is 15.7. The van der Waals surface area contributed by atoms with Crippen LogP contribution in [0.2, 0.25) is 0 Å². The molecule has 6 nitrogen and oxygen atoms in total. The Hall–Kier alpha value is -3.06. The molecular weight excluding hydrogens is 372 g/mol. The maximum atomic E-state index is 12.9. The average molecular weight is 392 g/mol. The molecule has 4 rings (SSSR count). The molecule has 142 valence electrons. The Morgan fingerprint density at radius 2 is 2.00 bits per heavy atom. The standard InChI is InChI=1S/C21H20N4O2S/c1-13-7-8-15(18-12-28-24-23-18)9-17(13)22-21(27)16-10-20(26)25(11-16)19-6-4-3-5-14(19)2/h3-9,12,16H,10-11H2,1-2H3,(H,22,27)/t16-/m0/s1. The summed E-state index contributed by atoms with van der Waals surface area (Å²) in [7, 11) is 0. The number of hydrogen-bond acceptors (Lipinski definition) is 5. The van der Waals surface area contributed by atoms with Crippen LogP contribution in [0.4, 0.5) is 11.4 Å². The smallest absolute Gasteiger partial charge is 0.229 e. The predicted molar refractivity (Wildman–Crippen MR) is 110 cm³/mol. The zero-order chi connectivity index (χ0) is 19.7. The number of hydrogen-bond donors (Lipinski definition) is 1. The van der Waals surface area contributed by atoms with Crippen LogP contribution in [-0.4, -0.2) is 27.9 Å². The van der Waals surface area contributed by atoms with E-state index >= 15 is 0 Å². The minimum Gasteiger partial charge on any atom is -0.326 e. The van der Waals surface area contributed by atoms with Crippen LogP contribution < -0.4 is 10.2 Å². The lowest BCUT2D eigenvalue weighted by molar-refractivity contribution is -0.122. The number of rotatable bonds is 4. The zero-order valence-corrected chi connectivity index (χ0v) is 16.5. The fraction of sp³-hybridized carbons (Fsp3) is 0.238. The lowest BCUT2D eigenvalue weighted by atomic mass is 10.1. The lowest BCUT2D eigenvalue weighted by Gasteiger charge is -2.19. The second-order valence-electron chi connectivity index (χ2n) is 7.00. The van der Waals surface area contributed by atoms with Gasteiger partial charge in [-0.15, -0.1) is 5.10 Å². The summed E-state index contributed by atoms with van der Waals surface area (Å²) in [5.74, 6) is -0.536. The molecule has 3 aromatic rings. The van der Waals surface area contributed by atoms with Crippen molar-refractivity contribution in [3.05, 3.63) is 59.0 Å². The molecule has 2 aromatic carbocycles. The van der Waals surface area contributed by atoms with Gasteiger partial charge in [-0.25, -0.2) is 0 Å². The predicted octanol–water partition coefficient (Wildman–Crippen LogP) is 3.81. The maximum absolute atomic E-state index is 12.9. The normalized spacial score (nSPS) is 16.4. The average Bonchev–Trinajstić information content (AvgIpc) is 3.34. The molecule has 0 bridgehead atoms. The molecule has 28 heavy (non-hydrogen) atoms. The number of para-hydroxylation sites is 1. The summed E-state index contributed by atoms with van der Waals surface area (Å²) >= 11 is 1.29. The van der Waals surface area contributed by atoms with Gasteiger partial charge < -0.3 is 10.2 Å². The number of benzene rings is 2. The molecule has 1 fully saturated rings. The van der Waals surface area contributed by atoms with Crippen molar-refractivity contribution in [2.75, 3.05) is 16.8 Å². The highest BCUT2D eigenvalue weighted by atomic mass is 32.1. The second-order valence-corrected chi connectivity index (χ2v) is 7.61. The summed E-state index contributed by atoms with van der Waals surface area (Å²) in [5.41, 5.74) is 5.27. The van der Waals surface area contributed by atoms with Crippen molar-refractivity contribution >= 4 is 34.7 Å². The van der Waals surface area contributed by atoms with Gasteiger partial charge in [0, 0.05) is 35.3 Å². The van der Waals surface area contributed by atoms with Gasteiger partial charge in [-0.3, -0.25) is 9.59 Å². The Kier molecular flexibility index (Phi) is 4.92. The van der Waals surface area contributed by atoms with E-state index in [0.717, 1.165) is 33.8 Å². The number of anilines is 2. The van der Waals surface area contributed by atoms with E-state index in [2.05, 4.69) is 14.9 Å². The van der Waals surface area contributed by atoms with Gasteiger partial charge in [-0.2, -0.15) is 0 Å². The minimum atomic E-state index is -0.379. The SMILES string of the molecule is Cc1ccc(-c2csnn2)cc1NC(=O)[C@H]1CC(=O)N(c2ccccc2C)C1. The Morgan fingerprint density at radius 3 is 2.75 bits per heavy atom. The van der Waals surface area contributed by atoms with Crippen molar-refractivity contribution in [1.82, 2.24) is 9.59 Å². The van der Waals surface area contributed by atoms with Gasteiger partial charge in [0.25, 0.3) is 0 Å². The van der Waals surface area contributed by atoms with Gasteiger partial charge in [0.1, 0.15) is 5.69 Å². The first-order valence-corrected chi connectivity index (χ1v) is 9.91. The molecule has 0 aliphatic carbocycles.